The van der Waals surface area contributed by atoms with Crippen LogP contribution in [0, 0.1) is 6.07 Å². The highest BCUT2D eigenvalue weighted by molar-refractivity contribution is 6.65. The second-order valence-electron chi connectivity index (χ2n) is 3.58. The molecule has 0 spiro atoms. The van der Waals surface area contributed by atoms with Crippen molar-refractivity contribution < 1.29 is 8.85 Å². The van der Waals surface area contributed by atoms with Crippen LogP contribution in [-0.4, -0.2) is 35.9 Å². The summed E-state index contributed by atoms with van der Waals surface area (Å²) >= 11 is 0. The van der Waals surface area contributed by atoms with Gasteiger partial charge in [-0.3, -0.25) is 0 Å². The highest BCUT2D eigenvalue weighted by atomic mass is 28.4. The third kappa shape index (κ3) is 7.51. The van der Waals surface area contributed by atoms with E-state index >= 15 is 0 Å². The number of rotatable bonds is 7. The van der Waals surface area contributed by atoms with Gasteiger partial charge in [0, 0.05) is 27.2 Å². The molecular weight excluding hydrogens is 208 g/mol. The average molecular weight is 231 g/mol. The molecule has 0 bridgehead atoms. The minimum Gasteiger partial charge on any atom is -0.398 e. The van der Waals surface area contributed by atoms with Gasteiger partial charge in [-0.1, -0.05) is 4.85 Å². The zero-order chi connectivity index (χ0) is 11.6. The largest absolute Gasteiger partial charge is 0.398 e. The van der Waals surface area contributed by atoms with Crippen molar-refractivity contribution in [3.05, 3.63) is 4.85 Å². The monoisotopic (exact) mass is 231 g/mol. The lowest BCUT2D eigenvalue weighted by Gasteiger charge is -2.21. The van der Waals surface area contributed by atoms with Gasteiger partial charge in [0.2, 0.25) is 0 Å². The lowest BCUT2D eigenvalue weighted by Crippen LogP contribution is -2.35. The van der Waals surface area contributed by atoms with Crippen molar-refractivity contribution in [1.82, 2.24) is 0 Å². The molecule has 0 aliphatic carbocycles. The van der Waals surface area contributed by atoms with Gasteiger partial charge in [-0.25, -0.2) is 0 Å². The molecule has 5 heteroatoms. The van der Waals surface area contributed by atoms with Crippen LogP contribution >= 0.6 is 0 Å². The molecule has 0 aliphatic heterocycles. The molecule has 2 N–H and O–H groups in total. The van der Waals surface area contributed by atoms with Crippen molar-refractivity contribution in [2.75, 3.05) is 27.3 Å². The summed E-state index contributed by atoms with van der Waals surface area (Å²) in [6.45, 7) is 3.54. The molecule has 0 aromatic heterocycles. The van der Waals surface area contributed by atoms with Crippen LogP contribution in [0.15, 0.2) is 0 Å². The van der Waals surface area contributed by atoms with Crippen molar-refractivity contribution in [2.24, 2.45) is 5.73 Å². The van der Waals surface area contributed by atoms with Crippen LogP contribution < -0.4 is 5.73 Å². The normalized spacial score (nSPS) is 10.9. The fraction of sp³-hybridized carbons (Fsp3) is 0.900. The van der Waals surface area contributed by atoms with Crippen molar-refractivity contribution >= 4 is 8.56 Å². The maximum absolute atomic E-state index is 5.39. The quantitative estimate of drug-likeness (QED) is 0.537. The van der Waals surface area contributed by atoms with E-state index in [-0.39, 0.29) is 0 Å². The van der Waals surface area contributed by atoms with Gasteiger partial charge in [-0.05, 0) is 19.0 Å². The van der Waals surface area contributed by atoms with Crippen molar-refractivity contribution in [3.63, 3.8) is 0 Å². The van der Waals surface area contributed by atoms with Crippen LogP contribution in [-0.2, 0) is 8.85 Å². The third-order valence-corrected chi connectivity index (χ3v) is 5.37. The van der Waals surface area contributed by atoms with Gasteiger partial charge in [0.1, 0.15) is 0 Å². The first-order valence-electron chi connectivity index (χ1n) is 5.38. The zero-order valence-electron chi connectivity index (χ0n) is 10.1. The fourth-order valence-electron chi connectivity index (χ4n) is 1.15. The molecule has 0 atom stereocenters. The SMILES string of the molecule is CO[Si](C)(CCCC[N+]#CCCN)OC. The lowest BCUT2D eigenvalue weighted by molar-refractivity contribution is 0.248. The summed E-state index contributed by atoms with van der Waals surface area (Å²) in [5.41, 5.74) is 5.31. The molecule has 4 nitrogen and oxygen atoms in total. The van der Waals surface area contributed by atoms with Crippen molar-refractivity contribution in [2.45, 2.75) is 31.9 Å². The Bertz CT molecular complexity index is 209. The Morgan fingerprint density at radius 1 is 1.27 bits per heavy atom. The summed E-state index contributed by atoms with van der Waals surface area (Å²) in [6.07, 6.45) is 2.91. The minimum atomic E-state index is -1.85. The molecule has 0 heterocycles. The first-order valence-corrected chi connectivity index (χ1v) is 7.90. The molecule has 0 saturated carbocycles. The van der Waals surface area contributed by atoms with E-state index in [9.17, 15) is 0 Å². The topological polar surface area (TPSA) is 48.8 Å². The Kier molecular flexibility index (Phi) is 8.62. The molecule has 0 unspecified atom stereocenters. The molecule has 0 aromatic carbocycles. The Morgan fingerprint density at radius 2 is 1.93 bits per heavy atom. The number of nitrogens with two attached hydrogens (primary N) is 1. The van der Waals surface area contributed by atoms with E-state index in [1.54, 1.807) is 14.2 Å². The molecule has 0 saturated heterocycles. The Morgan fingerprint density at radius 3 is 2.47 bits per heavy atom. The molecule has 0 fully saturated rings. The maximum atomic E-state index is 5.39. The maximum Gasteiger partial charge on any atom is 0.334 e. The number of nitrogens with zero attached hydrogens (tertiary/aromatic N) is 1. The summed E-state index contributed by atoms with van der Waals surface area (Å²) in [7, 11) is 1.60. The number of unbranched alkanes of at least 4 members (excludes halogenated alkanes) is 1. The summed E-state index contributed by atoms with van der Waals surface area (Å²) < 4.78 is 10.8. The van der Waals surface area contributed by atoms with Gasteiger partial charge in [-0.2, -0.15) is 0 Å². The molecule has 15 heavy (non-hydrogen) atoms. The van der Waals surface area contributed by atoms with Crippen LogP contribution in [0.25, 0.3) is 4.85 Å². The van der Waals surface area contributed by atoms with Gasteiger partial charge in [0.25, 0.3) is 12.6 Å². The van der Waals surface area contributed by atoms with Gasteiger partial charge in [0.05, 0.1) is 6.42 Å². The first kappa shape index (κ1) is 14.6. The highest BCUT2D eigenvalue weighted by Gasteiger charge is 2.27. The molecule has 0 rings (SSSR count). The van der Waals surface area contributed by atoms with Gasteiger partial charge in [-0.15, -0.1) is 0 Å². The van der Waals surface area contributed by atoms with Crippen molar-refractivity contribution in [1.29, 1.82) is 0 Å². The first-order chi connectivity index (χ1) is 7.18. The van der Waals surface area contributed by atoms with E-state index in [4.69, 9.17) is 14.6 Å². The smallest absolute Gasteiger partial charge is 0.334 e. The number of hydrogen-bond acceptors (Lipinski definition) is 3. The second-order valence-corrected chi connectivity index (χ2v) is 7.16. The molecule has 0 aliphatic rings. The Balaban J connectivity index is 3.50. The van der Waals surface area contributed by atoms with Gasteiger partial charge < -0.3 is 14.6 Å². The predicted molar refractivity (Wildman–Crippen MR) is 65.5 cm³/mol. The molecule has 0 amide bonds. The highest BCUT2D eigenvalue weighted by Crippen LogP contribution is 2.14. The Hall–Kier alpha value is -0.413. The lowest BCUT2D eigenvalue weighted by atomic mass is 10.3. The standard InChI is InChI=1S/C10H23N2O2Si/c1-13-15(3,14-2)10-5-4-8-12-9-6-7-11/h4-8,10-11H2,1-3H3/q+1. The predicted octanol–water partition coefficient (Wildman–Crippen LogP) is 1.81. The fourth-order valence-corrected chi connectivity index (χ4v) is 2.61. The average Bonchev–Trinajstić information content (AvgIpc) is 2.27. The van der Waals surface area contributed by atoms with Crippen LogP contribution in [0.4, 0.5) is 0 Å². The van der Waals surface area contributed by atoms with E-state index in [2.05, 4.69) is 17.5 Å². The van der Waals surface area contributed by atoms with Crippen LogP contribution in [0.2, 0.25) is 12.6 Å². The van der Waals surface area contributed by atoms with Crippen molar-refractivity contribution in [3.8, 4) is 6.07 Å². The summed E-state index contributed by atoms with van der Waals surface area (Å²) in [6, 6.07) is 3.93. The van der Waals surface area contributed by atoms with Crippen LogP contribution in [0.3, 0.4) is 0 Å². The van der Waals surface area contributed by atoms with E-state index in [1.807, 2.05) is 0 Å². The summed E-state index contributed by atoms with van der Waals surface area (Å²) in [4.78, 5) is 4.14. The van der Waals surface area contributed by atoms with Crippen LogP contribution in [0.5, 0.6) is 0 Å². The Labute approximate surface area is 93.8 Å². The summed E-state index contributed by atoms with van der Waals surface area (Å²) in [5, 5.41) is 0. The molecular formula is C10H23N2O2Si+. The molecule has 88 valence electrons. The van der Waals surface area contributed by atoms with Gasteiger partial charge >= 0.3 is 8.56 Å². The van der Waals surface area contributed by atoms with E-state index < -0.39 is 8.56 Å². The van der Waals surface area contributed by atoms with E-state index in [0.29, 0.717) is 6.54 Å². The zero-order valence-corrected chi connectivity index (χ0v) is 11.1. The van der Waals surface area contributed by atoms with E-state index in [1.165, 1.54) is 0 Å². The number of hydrogen-bond donors (Lipinski definition) is 1. The second kappa shape index (κ2) is 8.86. The molecule has 0 aromatic rings. The van der Waals surface area contributed by atoms with Crippen LogP contribution in [0.1, 0.15) is 19.3 Å². The third-order valence-electron chi connectivity index (χ3n) is 2.38. The minimum absolute atomic E-state index is 0.627. The van der Waals surface area contributed by atoms with Gasteiger partial charge in [0.15, 0.2) is 0 Å². The van der Waals surface area contributed by atoms with E-state index in [0.717, 1.165) is 31.9 Å². The molecule has 0 radical (unpaired) electrons. The summed E-state index contributed by atoms with van der Waals surface area (Å²) in [5.74, 6) is 0.